The van der Waals surface area contributed by atoms with Crippen molar-refractivity contribution in [2.45, 2.75) is 19.9 Å². The Labute approximate surface area is 135 Å². The molecule has 2 rings (SSSR count). The number of aryl methyl sites for hydroxylation is 1. The predicted molar refractivity (Wildman–Crippen MR) is 89.5 cm³/mol. The van der Waals surface area contributed by atoms with Crippen LogP contribution in [0.3, 0.4) is 0 Å². The van der Waals surface area contributed by atoms with Crippen molar-refractivity contribution in [1.82, 2.24) is 5.32 Å². The number of hydrogen-bond acceptors (Lipinski definition) is 3. The molecule has 0 aliphatic heterocycles. The van der Waals surface area contributed by atoms with E-state index in [2.05, 4.69) is 10.6 Å². The average Bonchev–Trinajstić information content (AvgIpc) is 2.60. The Balaban J connectivity index is 2.12. The van der Waals surface area contributed by atoms with Gasteiger partial charge in [-0.1, -0.05) is 49.4 Å². The predicted octanol–water partition coefficient (Wildman–Crippen LogP) is 3.36. The van der Waals surface area contributed by atoms with Crippen molar-refractivity contribution >= 4 is 17.7 Å². The third-order valence-corrected chi connectivity index (χ3v) is 3.47. The Hall–Kier alpha value is -2.82. The number of ether oxygens (including phenoxy) is 1. The molecule has 0 bridgehead atoms. The first kappa shape index (κ1) is 16.5. The van der Waals surface area contributed by atoms with Crippen LogP contribution in [0.2, 0.25) is 0 Å². The van der Waals surface area contributed by atoms with Crippen LogP contribution >= 0.6 is 0 Å². The molecule has 0 aromatic heterocycles. The van der Waals surface area contributed by atoms with E-state index in [1.54, 1.807) is 12.1 Å². The van der Waals surface area contributed by atoms with Crippen LogP contribution < -0.4 is 10.6 Å². The van der Waals surface area contributed by atoms with Crippen molar-refractivity contribution in [3.8, 4) is 0 Å². The second kappa shape index (κ2) is 7.98. The first-order chi connectivity index (χ1) is 11.2. The number of benzene rings is 2. The summed E-state index contributed by atoms with van der Waals surface area (Å²) in [6, 6.07) is 14.5. The van der Waals surface area contributed by atoms with E-state index < -0.39 is 5.97 Å². The van der Waals surface area contributed by atoms with E-state index in [1.807, 2.05) is 43.3 Å². The Morgan fingerprint density at radius 2 is 1.78 bits per heavy atom. The summed E-state index contributed by atoms with van der Waals surface area (Å²) in [5.41, 5.74) is 2.72. The van der Waals surface area contributed by atoms with Crippen LogP contribution in [0.1, 0.15) is 28.4 Å². The van der Waals surface area contributed by atoms with Gasteiger partial charge in [0.25, 0.3) is 0 Å². The van der Waals surface area contributed by atoms with Gasteiger partial charge in [-0.05, 0) is 23.6 Å². The third-order valence-electron chi connectivity index (χ3n) is 3.47. The van der Waals surface area contributed by atoms with Crippen molar-refractivity contribution in [3.05, 3.63) is 65.2 Å². The Bertz CT molecular complexity index is 684. The lowest BCUT2D eigenvalue weighted by molar-refractivity contribution is 0.0602. The summed E-state index contributed by atoms with van der Waals surface area (Å²) in [5, 5.41) is 5.55. The number of anilines is 1. The molecule has 5 nitrogen and oxygen atoms in total. The van der Waals surface area contributed by atoms with E-state index >= 15 is 0 Å². The Morgan fingerprint density at radius 3 is 2.43 bits per heavy atom. The minimum Gasteiger partial charge on any atom is -0.465 e. The lowest BCUT2D eigenvalue weighted by Crippen LogP contribution is -2.29. The number of urea groups is 1. The second-order valence-electron chi connectivity index (χ2n) is 4.98. The van der Waals surface area contributed by atoms with Crippen LogP contribution in [0.4, 0.5) is 10.5 Å². The first-order valence-corrected chi connectivity index (χ1v) is 7.44. The SMILES string of the molecule is CCc1cccc(C(=O)OC)c1NC(=O)NCc1ccccc1. The van der Waals surface area contributed by atoms with E-state index in [1.165, 1.54) is 7.11 Å². The second-order valence-corrected chi connectivity index (χ2v) is 4.98. The highest BCUT2D eigenvalue weighted by atomic mass is 16.5. The maximum absolute atomic E-state index is 12.1. The molecule has 2 N–H and O–H groups in total. The molecule has 2 aromatic carbocycles. The van der Waals surface area contributed by atoms with Gasteiger partial charge in [0, 0.05) is 6.54 Å². The molecule has 23 heavy (non-hydrogen) atoms. The number of rotatable bonds is 5. The highest BCUT2D eigenvalue weighted by molar-refractivity contribution is 6.01. The van der Waals surface area contributed by atoms with E-state index in [-0.39, 0.29) is 6.03 Å². The van der Waals surface area contributed by atoms with E-state index in [0.717, 1.165) is 11.1 Å². The van der Waals surface area contributed by atoms with Gasteiger partial charge in [0.15, 0.2) is 0 Å². The average molecular weight is 312 g/mol. The van der Waals surface area contributed by atoms with Gasteiger partial charge in [0.05, 0.1) is 18.4 Å². The van der Waals surface area contributed by atoms with Gasteiger partial charge in [0.1, 0.15) is 0 Å². The summed E-state index contributed by atoms with van der Waals surface area (Å²) in [6.07, 6.45) is 0.694. The minimum absolute atomic E-state index is 0.349. The molecule has 5 heteroatoms. The molecular formula is C18H20N2O3. The molecule has 0 spiro atoms. The summed E-state index contributed by atoms with van der Waals surface area (Å²) in [5.74, 6) is -0.473. The molecule has 2 amide bonds. The maximum atomic E-state index is 12.1. The number of methoxy groups -OCH3 is 1. The number of esters is 1. The number of carbonyl (C=O) groups excluding carboxylic acids is 2. The molecule has 0 unspecified atom stereocenters. The highest BCUT2D eigenvalue weighted by Crippen LogP contribution is 2.22. The molecule has 0 atom stereocenters. The quantitative estimate of drug-likeness (QED) is 0.832. The minimum atomic E-state index is -0.473. The normalized spacial score (nSPS) is 10.0. The summed E-state index contributed by atoms with van der Waals surface area (Å²) in [7, 11) is 1.32. The molecule has 0 heterocycles. The zero-order valence-corrected chi connectivity index (χ0v) is 13.3. The van der Waals surface area contributed by atoms with Gasteiger partial charge in [-0.25, -0.2) is 9.59 Å². The number of nitrogens with one attached hydrogen (secondary N) is 2. The van der Waals surface area contributed by atoms with Gasteiger partial charge in [-0.2, -0.15) is 0 Å². The first-order valence-electron chi connectivity index (χ1n) is 7.44. The van der Waals surface area contributed by atoms with Gasteiger partial charge in [-0.15, -0.1) is 0 Å². The molecule has 0 saturated heterocycles. The summed E-state index contributed by atoms with van der Waals surface area (Å²) in [6.45, 7) is 2.37. The summed E-state index contributed by atoms with van der Waals surface area (Å²) < 4.78 is 4.78. The molecule has 0 fully saturated rings. The molecule has 0 aliphatic rings. The number of amides is 2. The molecule has 0 saturated carbocycles. The Kier molecular flexibility index (Phi) is 5.74. The number of carbonyl (C=O) groups is 2. The van der Waals surface area contributed by atoms with Crippen molar-refractivity contribution < 1.29 is 14.3 Å². The molecule has 120 valence electrons. The topological polar surface area (TPSA) is 67.4 Å². The van der Waals surface area contributed by atoms with E-state index in [0.29, 0.717) is 24.2 Å². The maximum Gasteiger partial charge on any atom is 0.339 e. The highest BCUT2D eigenvalue weighted by Gasteiger charge is 2.16. The Morgan fingerprint density at radius 1 is 1.04 bits per heavy atom. The molecule has 2 aromatic rings. The number of para-hydroxylation sites is 1. The van der Waals surface area contributed by atoms with Crippen molar-refractivity contribution in [3.63, 3.8) is 0 Å². The smallest absolute Gasteiger partial charge is 0.339 e. The standard InChI is InChI=1S/C18H20N2O3/c1-3-14-10-7-11-15(17(21)23-2)16(14)20-18(22)19-12-13-8-5-4-6-9-13/h4-11H,3,12H2,1-2H3,(H2,19,20,22). The largest absolute Gasteiger partial charge is 0.465 e. The third kappa shape index (κ3) is 4.32. The van der Waals surface area contributed by atoms with Crippen LogP contribution in [-0.2, 0) is 17.7 Å². The van der Waals surface area contributed by atoms with Gasteiger partial charge >= 0.3 is 12.0 Å². The fourth-order valence-corrected chi connectivity index (χ4v) is 2.26. The van der Waals surface area contributed by atoms with Crippen LogP contribution in [0, 0.1) is 0 Å². The van der Waals surface area contributed by atoms with Crippen LogP contribution in [0.5, 0.6) is 0 Å². The zero-order valence-electron chi connectivity index (χ0n) is 13.3. The molecule has 0 radical (unpaired) electrons. The lowest BCUT2D eigenvalue weighted by atomic mass is 10.0. The van der Waals surface area contributed by atoms with E-state index in [4.69, 9.17) is 4.74 Å². The van der Waals surface area contributed by atoms with E-state index in [9.17, 15) is 9.59 Å². The lowest BCUT2D eigenvalue weighted by Gasteiger charge is -2.14. The number of hydrogen-bond donors (Lipinski definition) is 2. The summed E-state index contributed by atoms with van der Waals surface area (Å²) >= 11 is 0. The van der Waals surface area contributed by atoms with Gasteiger partial charge in [-0.3, -0.25) is 0 Å². The molecular weight excluding hydrogens is 292 g/mol. The van der Waals surface area contributed by atoms with Gasteiger partial charge in [0.2, 0.25) is 0 Å². The van der Waals surface area contributed by atoms with Crippen molar-refractivity contribution in [2.75, 3.05) is 12.4 Å². The zero-order chi connectivity index (χ0) is 16.7. The van der Waals surface area contributed by atoms with Crippen LogP contribution in [0.25, 0.3) is 0 Å². The van der Waals surface area contributed by atoms with Crippen LogP contribution in [0.15, 0.2) is 48.5 Å². The monoisotopic (exact) mass is 312 g/mol. The van der Waals surface area contributed by atoms with Crippen LogP contribution in [-0.4, -0.2) is 19.1 Å². The van der Waals surface area contributed by atoms with Crippen molar-refractivity contribution in [2.24, 2.45) is 0 Å². The fraction of sp³-hybridized carbons (Fsp3) is 0.222. The van der Waals surface area contributed by atoms with Crippen molar-refractivity contribution in [1.29, 1.82) is 0 Å². The summed E-state index contributed by atoms with van der Waals surface area (Å²) in [4.78, 5) is 24.0. The van der Waals surface area contributed by atoms with Gasteiger partial charge < -0.3 is 15.4 Å². The molecule has 0 aliphatic carbocycles. The fourth-order valence-electron chi connectivity index (χ4n) is 2.26.